The topological polar surface area (TPSA) is 17.8 Å². The molecular formula is C41H41BN2Si. The molecule has 6 aromatic rings. The van der Waals surface area contributed by atoms with Crippen LogP contribution in [0.25, 0.3) is 0 Å². The first kappa shape index (κ1) is 31.7. The van der Waals surface area contributed by atoms with Crippen LogP contribution in [0, 0.1) is 0 Å². The summed E-state index contributed by atoms with van der Waals surface area (Å²) in [7, 11) is 0.540. The van der Waals surface area contributed by atoms with Crippen LogP contribution in [-0.4, -0.2) is 25.8 Å². The number of imidazole rings is 1. The van der Waals surface area contributed by atoms with Crippen molar-refractivity contribution in [2.75, 3.05) is 0 Å². The Morgan fingerprint density at radius 1 is 0.711 bits per heavy atom. The van der Waals surface area contributed by atoms with E-state index < -0.39 is 0 Å². The zero-order valence-corrected chi connectivity index (χ0v) is 27.2. The van der Waals surface area contributed by atoms with Crippen molar-refractivity contribution in [2.45, 2.75) is 37.8 Å². The summed E-state index contributed by atoms with van der Waals surface area (Å²) in [5.41, 5.74) is 6.58. The van der Waals surface area contributed by atoms with Gasteiger partial charge in [0.15, 0.2) is 0 Å². The summed E-state index contributed by atoms with van der Waals surface area (Å²) in [5.74, 6) is 1.99. The normalized spacial score (nSPS) is 10.9. The lowest BCUT2D eigenvalue weighted by atomic mass is 9.41. The van der Waals surface area contributed by atoms with Gasteiger partial charge in [-0.1, -0.05) is 181 Å². The van der Waals surface area contributed by atoms with Gasteiger partial charge in [0, 0.05) is 12.4 Å². The van der Waals surface area contributed by atoms with Gasteiger partial charge in [0.05, 0.1) is 11.5 Å². The first-order chi connectivity index (χ1) is 22.2. The molecule has 0 atom stereocenters. The van der Waals surface area contributed by atoms with Crippen LogP contribution in [0.15, 0.2) is 177 Å². The standard InChI is InChI=1S/C27H28N2Si.C14H13B/c1-2-3-6-12-23-13-11-18-26(21-23)30-27(29-20-19-28-22-29,24-14-7-4-8-15-24)25-16-9-5-10-17-25;1-2-15(13-9-5-3-6-10-13)14-11-7-4-8-12-14/h4-5,7-11,13-22H,2-3,6,12H2,1H3;2-12H,1H2. The summed E-state index contributed by atoms with van der Waals surface area (Å²) in [6.07, 6.45) is 10.9. The van der Waals surface area contributed by atoms with E-state index in [4.69, 9.17) is 0 Å². The molecule has 6 rings (SSSR count). The van der Waals surface area contributed by atoms with Crippen molar-refractivity contribution in [3.8, 4) is 0 Å². The SMILES string of the molecule is C=CB(c1ccccc1)c1ccccc1.CCCCCc1cccc([Si]C(c2ccccc2)(c2ccccc2)n2ccnc2)c1. The molecule has 0 fully saturated rings. The molecule has 45 heavy (non-hydrogen) atoms. The summed E-state index contributed by atoms with van der Waals surface area (Å²) in [4.78, 5) is 4.42. The number of hydrogen-bond donors (Lipinski definition) is 0. The fraction of sp³-hybridized carbons (Fsp3) is 0.146. The Labute approximate surface area is 272 Å². The van der Waals surface area contributed by atoms with E-state index in [2.05, 4.69) is 163 Å². The number of benzene rings is 5. The fourth-order valence-corrected chi connectivity index (χ4v) is 7.61. The summed E-state index contributed by atoms with van der Waals surface area (Å²) in [6, 6.07) is 51.7. The number of nitrogens with zero attached hydrogens (tertiary/aromatic N) is 2. The fourth-order valence-electron chi connectivity index (χ4n) is 5.87. The quantitative estimate of drug-likeness (QED) is 0.106. The van der Waals surface area contributed by atoms with Gasteiger partial charge in [-0.15, -0.1) is 12.6 Å². The zero-order chi connectivity index (χ0) is 31.2. The molecule has 0 saturated heterocycles. The third-order valence-electron chi connectivity index (χ3n) is 8.15. The lowest BCUT2D eigenvalue weighted by molar-refractivity contribution is 0.596. The van der Waals surface area contributed by atoms with Crippen LogP contribution in [0.1, 0.15) is 42.9 Å². The van der Waals surface area contributed by atoms with Crippen LogP contribution in [0.4, 0.5) is 0 Å². The third-order valence-corrected chi connectivity index (χ3v) is 9.95. The van der Waals surface area contributed by atoms with Gasteiger partial charge < -0.3 is 4.57 Å². The highest BCUT2D eigenvalue weighted by molar-refractivity contribution is 6.89. The van der Waals surface area contributed by atoms with Crippen molar-refractivity contribution < 1.29 is 0 Å². The summed E-state index contributed by atoms with van der Waals surface area (Å²) >= 11 is 0. The minimum Gasteiger partial charge on any atom is -0.326 e. The highest BCUT2D eigenvalue weighted by Gasteiger charge is 2.37. The maximum absolute atomic E-state index is 4.42. The number of unbranched alkanes of at least 4 members (excludes halogenated alkanes) is 2. The van der Waals surface area contributed by atoms with Gasteiger partial charge in [0.2, 0.25) is 6.71 Å². The van der Waals surface area contributed by atoms with Gasteiger partial charge in [-0.3, -0.25) is 0 Å². The Hall–Kier alpha value is -4.67. The second-order valence-corrected chi connectivity index (χ2v) is 12.8. The molecule has 0 aliphatic carbocycles. The molecule has 2 radical (unpaired) electrons. The minimum atomic E-state index is -0.318. The molecule has 0 amide bonds. The molecule has 2 nitrogen and oxygen atoms in total. The van der Waals surface area contributed by atoms with E-state index in [0.29, 0.717) is 16.2 Å². The van der Waals surface area contributed by atoms with Crippen molar-refractivity contribution in [3.05, 3.63) is 194 Å². The molecule has 222 valence electrons. The van der Waals surface area contributed by atoms with Crippen molar-refractivity contribution in [1.29, 1.82) is 0 Å². The minimum absolute atomic E-state index is 0.299. The maximum atomic E-state index is 4.42. The second kappa shape index (κ2) is 16.4. The highest BCUT2D eigenvalue weighted by Crippen LogP contribution is 2.33. The second-order valence-electron chi connectivity index (χ2n) is 11.2. The van der Waals surface area contributed by atoms with Crippen LogP contribution < -0.4 is 16.1 Å². The first-order valence-electron chi connectivity index (χ1n) is 15.9. The average Bonchev–Trinajstić information content (AvgIpc) is 3.66. The maximum Gasteiger partial charge on any atom is 0.233 e. The van der Waals surface area contributed by atoms with Gasteiger partial charge in [0.25, 0.3) is 0 Å². The van der Waals surface area contributed by atoms with Gasteiger partial charge >= 0.3 is 0 Å². The third kappa shape index (κ3) is 8.09. The van der Waals surface area contributed by atoms with Gasteiger partial charge in [0.1, 0.15) is 9.52 Å². The van der Waals surface area contributed by atoms with Crippen LogP contribution in [0.3, 0.4) is 0 Å². The van der Waals surface area contributed by atoms with E-state index in [0.717, 1.165) is 6.42 Å². The number of aryl methyl sites for hydroxylation is 1. The Morgan fingerprint density at radius 2 is 1.27 bits per heavy atom. The summed E-state index contributed by atoms with van der Waals surface area (Å²) in [6.45, 7) is 6.47. The van der Waals surface area contributed by atoms with E-state index in [1.54, 1.807) is 0 Å². The predicted molar refractivity (Wildman–Crippen MR) is 194 cm³/mol. The van der Waals surface area contributed by atoms with Crippen LogP contribution >= 0.6 is 0 Å². The largest absolute Gasteiger partial charge is 0.326 e. The molecule has 0 aliphatic rings. The molecular weight excluding hydrogens is 559 g/mol. The molecule has 0 unspecified atom stereocenters. The van der Waals surface area contributed by atoms with Crippen molar-refractivity contribution >= 4 is 32.3 Å². The van der Waals surface area contributed by atoms with Crippen molar-refractivity contribution in [3.63, 3.8) is 0 Å². The summed E-state index contributed by atoms with van der Waals surface area (Å²) in [5, 5.41) is 1.06. The van der Waals surface area contributed by atoms with Gasteiger partial charge in [-0.25, -0.2) is 4.98 Å². The molecule has 0 N–H and O–H groups in total. The molecule has 1 aromatic heterocycles. The van der Waals surface area contributed by atoms with E-state index in [1.807, 2.05) is 30.6 Å². The summed E-state index contributed by atoms with van der Waals surface area (Å²) < 4.78 is 2.28. The molecule has 0 saturated carbocycles. The van der Waals surface area contributed by atoms with E-state index in [9.17, 15) is 0 Å². The van der Waals surface area contributed by atoms with Crippen LogP contribution in [-0.2, 0) is 11.6 Å². The molecule has 5 aromatic carbocycles. The van der Waals surface area contributed by atoms with Gasteiger partial charge in [-0.05, 0) is 29.5 Å². The number of rotatable bonds is 12. The highest BCUT2D eigenvalue weighted by atomic mass is 28.2. The Kier molecular flexibility index (Phi) is 11.6. The molecule has 0 bridgehead atoms. The smallest absolute Gasteiger partial charge is 0.233 e. The van der Waals surface area contributed by atoms with Gasteiger partial charge in [-0.2, -0.15) is 0 Å². The Morgan fingerprint density at radius 3 is 1.76 bits per heavy atom. The lowest BCUT2D eigenvalue weighted by Crippen LogP contribution is -2.46. The monoisotopic (exact) mass is 600 g/mol. The van der Waals surface area contributed by atoms with E-state index >= 15 is 0 Å². The van der Waals surface area contributed by atoms with Crippen molar-refractivity contribution in [1.82, 2.24) is 9.55 Å². The number of hydrogen-bond acceptors (Lipinski definition) is 1. The zero-order valence-electron chi connectivity index (χ0n) is 26.2. The number of aromatic nitrogens is 2. The molecule has 4 heteroatoms. The Balaban J connectivity index is 0.000000223. The Bertz CT molecular complexity index is 1610. The molecule has 0 spiro atoms. The lowest BCUT2D eigenvalue weighted by Gasteiger charge is -2.36. The molecule has 1 heterocycles. The predicted octanol–water partition coefficient (Wildman–Crippen LogP) is 7.42. The van der Waals surface area contributed by atoms with Crippen molar-refractivity contribution in [2.24, 2.45) is 0 Å². The van der Waals surface area contributed by atoms with E-state index in [-0.39, 0.29) is 5.16 Å². The average molecular weight is 601 g/mol. The molecule has 0 aliphatic heterocycles. The first-order valence-corrected chi connectivity index (χ1v) is 16.9. The van der Waals surface area contributed by atoms with Crippen LogP contribution in [0.5, 0.6) is 0 Å². The van der Waals surface area contributed by atoms with Crippen LogP contribution in [0.2, 0.25) is 0 Å². The van der Waals surface area contributed by atoms with E-state index in [1.165, 1.54) is 52.1 Å².